The van der Waals surface area contributed by atoms with Gasteiger partial charge < -0.3 is 0 Å². The van der Waals surface area contributed by atoms with Crippen LogP contribution in [0.1, 0.15) is 5.56 Å². The predicted octanol–water partition coefficient (Wildman–Crippen LogP) is 2.25. The number of thioether (sulfide) groups is 1. The Labute approximate surface area is 85.2 Å². The van der Waals surface area contributed by atoms with E-state index in [4.69, 9.17) is 0 Å². The van der Waals surface area contributed by atoms with Gasteiger partial charge in [-0.05, 0) is 12.1 Å². The first-order chi connectivity index (χ1) is 6.77. The summed E-state index contributed by atoms with van der Waals surface area (Å²) in [6.45, 7) is 1.83. The lowest BCUT2D eigenvalue weighted by Gasteiger charge is -1.98. The molecule has 1 aromatic carbocycles. The van der Waals surface area contributed by atoms with Gasteiger partial charge in [-0.3, -0.25) is 15.1 Å². The minimum Gasteiger partial charge on any atom is -0.271 e. The van der Waals surface area contributed by atoms with Gasteiger partial charge in [-0.25, -0.2) is 0 Å². The lowest BCUT2D eigenvalue weighted by Crippen LogP contribution is -1.93. The third-order valence-corrected chi connectivity index (χ3v) is 2.76. The first kappa shape index (κ1) is 9.21. The highest BCUT2D eigenvalue weighted by molar-refractivity contribution is 8.14. The second-order valence-corrected chi connectivity index (χ2v) is 3.74. The fourth-order valence-electron chi connectivity index (χ4n) is 1.16. The van der Waals surface area contributed by atoms with Crippen LogP contribution in [-0.4, -0.2) is 15.7 Å². The highest BCUT2D eigenvalue weighted by Crippen LogP contribution is 2.22. The van der Waals surface area contributed by atoms with E-state index in [0.29, 0.717) is 0 Å². The molecule has 2 rings (SSSR count). The van der Waals surface area contributed by atoms with Crippen molar-refractivity contribution in [2.45, 2.75) is 0 Å². The molecule has 0 atom stereocenters. The normalized spacial score (nSPS) is 15.3. The molecule has 0 fully saturated rings. The molecule has 0 unspecified atom stereocenters. The molecule has 0 amide bonds. The van der Waals surface area contributed by atoms with Crippen LogP contribution in [0.2, 0.25) is 0 Å². The van der Waals surface area contributed by atoms with Gasteiger partial charge in [0.2, 0.25) is 0 Å². The summed E-state index contributed by atoms with van der Waals surface area (Å²) in [6, 6.07) is 6.44. The summed E-state index contributed by atoms with van der Waals surface area (Å²) in [5, 5.41) is 11.3. The standard InChI is InChI=1S/C9H7N2O2S/c12-11(13)8-3-1-7(2-4-8)9-10-5-6-14-9/h1-5H,6H2. The highest BCUT2D eigenvalue weighted by atomic mass is 32.2. The van der Waals surface area contributed by atoms with Gasteiger partial charge in [-0.1, -0.05) is 0 Å². The zero-order chi connectivity index (χ0) is 9.97. The minimum absolute atomic E-state index is 0.112. The van der Waals surface area contributed by atoms with Gasteiger partial charge in [-0.15, -0.1) is 11.8 Å². The maximum atomic E-state index is 10.4. The summed E-state index contributed by atoms with van der Waals surface area (Å²) in [6.07, 6.45) is 0. The fourth-order valence-corrected chi connectivity index (χ4v) is 1.92. The molecule has 4 nitrogen and oxygen atoms in total. The molecule has 1 heterocycles. The van der Waals surface area contributed by atoms with E-state index in [1.165, 1.54) is 12.1 Å². The number of nitro groups is 1. The average Bonchev–Trinajstić information content (AvgIpc) is 2.71. The van der Waals surface area contributed by atoms with Crippen molar-refractivity contribution in [3.8, 4) is 0 Å². The van der Waals surface area contributed by atoms with Gasteiger partial charge >= 0.3 is 0 Å². The second-order valence-electron chi connectivity index (χ2n) is 2.73. The van der Waals surface area contributed by atoms with Crippen molar-refractivity contribution in [1.82, 2.24) is 0 Å². The Hall–Kier alpha value is -1.36. The van der Waals surface area contributed by atoms with Crippen LogP contribution in [0.25, 0.3) is 0 Å². The zero-order valence-corrected chi connectivity index (χ0v) is 8.03. The lowest BCUT2D eigenvalue weighted by molar-refractivity contribution is -0.384. The Bertz CT molecular complexity index is 386. The molecule has 1 radical (unpaired) electrons. The van der Waals surface area contributed by atoms with Gasteiger partial charge in [-0.2, -0.15) is 0 Å². The molecule has 5 heteroatoms. The van der Waals surface area contributed by atoms with Crippen LogP contribution in [0.15, 0.2) is 29.3 Å². The third kappa shape index (κ3) is 1.77. The molecule has 0 saturated heterocycles. The highest BCUT2D eigenvalue weighted by Gasteiger charge is 2.11. The fraction of sp³-hybridized carbons (Fsp3) is 0.111. The number of aliphatic imine (C=N–C) groups is 1. The Morgan fingerprint density at radius 1 is 1.36 bits per heavy atom. The maximum Gasteiger partial charge on any atom is 0.269 e. The molecule has 0 bridgehead atoms. The molecule has 71 valence electrons. The van der Waals surface area contributed by atoms with Gasteiger partial charge in [0.1, 0.15) is 0 Å². The summed E-state index contributed by atoms with van der Waals surface area (Å²) < 4.78 is 0. The Balaban J connectivity index is 2.25. The van der Waals surface area contributed by atoms with Crippen molar-refractivity contribution < 1.29 is 4.92 Å². The van der Waals surface area contributed by atoms with Crippen molar-refractivity contribution in [1.29, 1.82) is 0 Å². The van der Waals surface area contributed by atoms with Crippen molar-refractivity contribution in [2.75, 3.05) is 5.75 Å². The van der Waals surface area contributed by atoms with Gasteiger partial charge in [0.05, 0.1) is 16.5 Å². The summed E-state index contributed by atoms with van der Waals surface area (Å²) in [5.74, 6) is 0.881. The third-order valence-electron chi connectivity index (χ3n) is 1.83. The van der Waals surface area contributed by atoms with E-state index >= 15 is 0 Å². The van der Waals surface area contributed by atoms with Crippen LogP contribution >= 0.6 is 11.8 Å². The second kappa shape index (κ2) is 3.79. The van der Waals surface area contributed by atoms with Crippen LogP contribution < -0.4 is 0 Å². The van der Waals surface area contributed by atoms with Crippen molar-refractivity contribution in [2.24, 2.45) is 4.99 Å². The first-order valence-corrected chi connectivity index (χ1v) is 5.03. The topological polar surface area (TPSA) is 55.5 Å². The predicted molar refractivity (Wildman–Crippen MR) is 56.4 cm³/mol. The quantitative estimate of drug-likeness (QED) is 0.552. The Morgan fingerprint density at radius 3 is 2.57 bits per heavy atom. The van der Waals surface area contributed by atoms with E-state index in [-0.39, 0.29) is 5.69 Å². The molecule has 1 aliphatic rings. The van der Waals surface area contributed by atoms with Crippen LogP contribution in [0, 0.1) is 16.7 Å². The van der Waals surface area contributed by atoms with Crippen molar-refractivity contribution >= 4 is 22.5 Å². The number of non-ortho nitro benzene ring substituents is 1. The number of nitrogens with zero attached hydrogens (tertiary/aromatic N) is 2. The van der Waals surface area contributed by atoms with Gasteiger partial charge in [0.15, 0.2) is 0 Å². The molecule has 0 aromatic heterocycles. The molecular formula is C9H7N2O2S. The van der Waals surface area contributed by atoms with Crippen LogP contribution in [-0.2, 0) is 0 Å². The monoisotopic (exact) mass is 207 g/mol. The molecule has 1 aromatic rings. The van der Waals surface area contributed by atoms with Crippen LogP contribution in [0.4, 0.5) is 5.69 Å². The summed E-state index contributed by atoms with van der Waals surface area (Å²) in [5.41, 5.74) is 1.05. The molecule has 0 saturated carbocycles. The number of nitro benzene ring substituents is 1. The SMILES string of the molecule is O=[N+]([O-])c1ccc(C2=N[CH]CS2)cc1. The smallest absolute Gasteiger partial charge is 0.269 e. The average molecular weight is 207 g/mol. The Morgan fingerprint density at radius 2 is 2.07 bits per heavy atom. The maximum absolute atomic E-state index is 10.4. The summed E-state index contributed by atoms with van der Waals surface area (Å²) in [4.78, 5) is 14.2. The van der Waals surface area contributed by atoms with E-state index in [1.807, 2.05) is 6.54 Å². The minimum atomic E-state index is -0.403. The number of benzene rings is 1. The molecule has 14 heavy (non-hydrogen) atoms. The zero-order valence-electron chi connectivity index (χ0n) is 7.21. The van der Waals surface area contributed by atoms with Gasteiger partial charge in [0, 0.05) is 23.4 Å². The van der Waals surface area contributed by atoms with E-state index in [0.717, 1.165) is 16.4 Å². The summed E-state index contributed by atoms with van der Waals surface area (Å²) >= 11 is 1.63. The number of hydrogen-bond acceptors (Lipinski definition) is 4. The first-order valence-electron chi connectivity index (χ1n) is 4.04. The van der Waals surface area contributed by atoms with Crippen molar-refractivity contribution in [3.05, 3.63) is 46.5 Å². The largest absolute Gasteiger partial charge is 0.271 e. The molecule has 0 aliphatic carbocycles. The van der Waals surface area contributed by atoms with Crippen LogP contribution in [0.3, 0.4) is 0 Å². The lowest BCUT2D eigenvalue weighted by atomic mass is 10.2. The number of rotatable bonds is 2. The summed E-state index contributed by atoms with van der Waals surface area (Å²) in [7, 11) is 0. The Kier molecular flexibility index (Phi) is 2.49. The molecule has 0 spiro atoms. The molecule has 0 N–H and O–H groups in total. The van der Waals surface area contributed by atoms with E-state index in [1.54, 1.807) is 23.9 Å². The van der Waals surface area contributed by atoms with Crippen molar-refractivity contribution in [3.63, 3.8) is 0 Å². The molecule has 1 aliphatic heterocycles. The molecular weight excluding hydrogens is 200 g/mol. The van der Waals surface area contributed by atoms with Crippen LogP contribution in [0.5, 0.6) is 0 Å². The number of hydrogen-bond donors (Lipinski definition) is 0. The van der Waals surface area contributed by atoms with E-state index < -0.39 is 4.92 Å². The van der Waals surface area contributed by atoms with E-state index in [2.05, 4.69) is 4.99 Å². The van der Waals surface area contributed by atoms with E-state index in [9.17, 15) is 10.1 Å². The van der Waals surface area contributed by atoms with Gasteiger partial charge in [0.25, 0.3) is 5.69 Å².